The molecule has 3 nitrogen and oxygen atoms in total. The number of fused-ring (bicyclic) bond motifs is 1. The second kappa shape index (κ2) is 7.69. The third kappa shape index (κ3) is 5.23. The van der Waals surface area contributed by atoms with Crippen LogP contribution in [0.4, 0.5) is 14.6 Å². The fraction of sp³-hybridized carbons (Fsp3) is 0.688. The van der Waals surface area contributed by atoms with E-state index in [4.69, 9.17) is 0 Å². The van der Waals surface area contributed by atoms with Crippen molar-refractivity contribution < 1.29 is 8.78 Å². The van der Waals surface area contributed by atoms with Crippen molar-refractivity contribution in [2.75, 3.05) is 25.0 Å². The van der Waals surface area contributed by atoms with Gasteiger partial charge in [0.15, 0.2) is 0 Å². The van der Waals surface area contributed by atoms with Crippen LogP contribution in [0.3, 0.4) is 0 Å². The van der Waals surface area contributed by atoms with Crippen molar-refractivity contribution in [3.63, 3.8) is 0 Å². The lowest BCUT2D eigenvalue weighted by Gasteiger charge is -2.17. The highest BCUT2D eigenvalue weighted by atomic mass is 19.3. The van der Waals surface area contributed by atoms with Gasteiger partial charge in [-0.25, -0.2) is 13.8 Å². The number of nitrogens with one attached hydrogen (secondary N) is 2. The summed E-state index contributed by atoms with van der Waals surface area (Å²) in [5.41, 5.74) is 2.38. The molecule has 5 heteroatoms. The average Bonchev–Trinajstić information content (AvgIpc) is 2.50. The molecule has 0 saturated heterocycles. The lowest BCUT2D eigenvalue weighted by Crippen LogP contribution is -2.32. The standard InChI is InChI=1S/C16H25F2N3/c1-2-16(17,18)12-19-10-4-3-7-14-9-8-13-6-5-11-20-15(13)21-14/h8-9,19H,2-7,10-12H2,1H3,(H,20,21). The van der Waals surface area contributed by atoms with E-state index in [2.05, 4.69) is 27.8 Å². The number of nitrogens with zero attached hydrogens (tertiary/aromatic N) is 1. The monoisotopic (exact) mass is 297 g/mol. The van der Waals surface area contributed by atoms with Crippen LogP contribution in [0.25, 0.3) is 0 Å². The van der Waals surface area contributed by atoms with Gasteiger partial charge >= 0.3 is 0 Å². The van der Waals surface area contributed by atoms with Crippen LogP contribution in [0, 0.1) is 0 Å². The van der Waals surface area contributed by atoms with Gasteiger partial charge in [0.2, 0.25) is 0 Å². The van der Waals surface area contributed by atoms with Crippen LogP contribution in [-0.2, 0) is 12.8 Å². The molecule has 0 radical (unpaired) electrons. The van der Waals surface area contributed by atoms with Gasteiger partial charge in [0, 0.05) is 18.7 Å². The molecule has 0 saturated carbocycles. The Morgan fingerprint density at radius 2 is 2.19 bits per heavy atom. The highest BCUT2D eigenvalue weighted by molar-refractivity contribution is 5.46. The summed E-state index contributed by atoms with van der Waals surface area (Å²) in [5.74, 6) is -1.55. The Labute approximate surface area is 125 Å². The van der Waals surface area contributed by atoms with Gasteiger partial charge in [-0.05, 0) is 50.3 Å². The molecule has 0 fully saturated rings. The van der Waals surface area contributed by atoms with Crippen molar-refractivity contribution in [3.8, 4) is 0 Å². The third-order valence-corrected chi connectivity index (χ3v) is 3.89. The van der Waals surface area contributed by atoms with Crippen LogP contribution in [0.5, 0.6) is 0 Å². The molecule has 21 heavy (non-hydrogen) atoms. The summed E-state index contributed by atoms with van der Waals surface area (Å²) in [6, 6.07) is 4.24. The van der Waals surface area contributed by atoms with Crippen molar-refractivity contribution >= 4 is 5.82 Å². The number of hydrogen-bond acceptors (Lipinski definition) is 3. The fourth-order valence-electron chi connectivity index (χ4n) is 2.46. The summed E-state index contributed by atoms with van der Waals surface area (Å²) in [4.78, 5) is 4.63. The summed E-state index contributed by atoms with van der Waals surface area (Å²) in [6.45, 7) is 2.93. The molecule has 0 spiro atoms. The lowest BCUT2D eigenvalue weighted by atomic mass is 10.1. The molecule has 1 aliphatic heterocycles. The van der Waals surface area contributed by atoms with Gasteiger partial charge in [-0.15, -0.1) is 0 Å². The maximum Gasteiger partial charge on any atom is 0.260 e. The second-order valence-corrected chi connectivity index (χ2v) is 5.68. The fourth-order valence-corrected chi connectivity index (χ4v) is 2.46. The minimum atomic E-state index is -2.58. The quantitative estimate of drug-likeness (QED) is 0.722. The number of unbranched alkanes of at least 4 members (excludes halogenated alkanes) is 1. The molecule has 0 unspecified atom stereocenters. The minimum absolute atomic E-state index is 0.105. The van der Waals surface area contributed by atoms with E-state index < -0.39 is 5.92 Å². The number of hydrogen-bond donors (Lipinski definition) is 2. The zero-order valence-corrected chi connectivity index (χ0v) is 12.7. The van der Waals surface area contributed by atoms with Crippen LogP contribution in [0.15, 0.2) is 12.1 Å². The molecular formula is C16H25F2N3. The first-order chi connectivity index (χ1) is 10.1. The zero-order chi connectivity index (χ0) is 15.1. The van der Waals surface area contributed by atoms with Crippen molar-refractivity contribution in [1.29, 1.82) is 0 Å². The third-order valence-electron chi connectivity index (χ3n) is 3.89. The normalized spacial score (nSPS) is 14.6. The van der Waals surface area contributed by atoms with Crippen LogP contribution in [0.1, 0.15) is 43.9 Å². The Morgan fingerprint density at radius 1 is 1.33 bits per heavy atom. The Balaban J connectivity index is 1.65. The highest BCUT2D eigenvalue weighted by Crippen LogP contribution is 2.20. The van der Waals surface area contributed by atoms with Gasteiger partial charge in [0.1, 0.15) is 5.82 Å². The van der Waals surface area contributed by atoms with Gasteiger partial charge in [-0.3, -0.25) is 0 Å². The van der Waals surface area contributed by atoms with E-state index in [1.54, 1.807) is 0 Å². The largest absolute Gasteiger partial charge is 0.370 e. The van der Waals surface area contributed by atoms with Gasteiger partial charge in [0.25, 0.3) is 5.92 Å². The van der Waals surface area contributed by atoms with Gasteiger partial charge in [0.05, 0.1) is 6.54 Å². The second-order valence-electron chi connectivity index (χ2n) is 5.68. The Morgan fingerprint density at radius 3 is 3.00 bits per heavy atom. The van der Waals surface area contributed by atoms with Gasteiger partial charge in [-0.1, -0.05) is 13.0 Å². The van der Waals surface area contributed by atoms with Crippen molar-refractivity contribution in [2.45, 2.75) is 51.4 Å². The molecule has 0 aromatic carbocycles. The van der Waals surface area contributed by atoms with Crippen LogP contribution in [0.2, 0.25) is 0 Å². The molecule has 0 aliphatic carbocycles. The van der Waals surface area contributed by atoms with Crippen LogP contribution in [-0.4, -0.2) is 30.5 Å². The van der Waals surface area contributed by atoms with E-state index >= 15 is 0 Å². The molecule has 0 amide bonds. The Kier molecular flexibility index (Phi) is 5.91. The summed E-state index contributed by atoms with van der Waals surface area (Å²) < 4.78 is 26.0. The van der Waals surface area contributed by atoms with Gasteiger partial charge < -0.3 is 10.6 Å². The zero-order valence-electron chi connectivity index (χ0n) is 12.7. The minimum Gasteiger partial charge on any atom is -0.370 e. The number of anilines is 1. The lowest BCUT2D eigenvalue weighted by molar-refractivity contribution is -0.00145. The van der Waals surface area contributed by atoms with E-state index in [1.165, 1.54) is 18.9 Å². The smallest absolute Gasteiger partial charge is 0.260 e. The van der Waals surface area contributed by atoms with Crippen LogP contribution < -0.4 is 10.6 Å². The molecule has 1 aromatic heterocycles. The van der Waals surface area contributed by atoms with E-state index in [-0.39, 0.29) is 13.0 Å². The van der Waals surface area contributed by atoms with Crippen molar-refractivity contribution in [1.82, 2.24) is 10.3 Å². The van der Waals surface area contributed by atoms with E-state index in [0.29, 0.717) is 6.54 Å². The molecule has 0 atom stereocenters. The van der Waals surface area contributed by atoms with E-state index in [0.717, 1.165) is 43.7 Å². The molecule has 1 aliphatic rings. The van der Waals surface area contributed by atoms with Gasteiger partial charge in [-0.2, -0.15) is 0 Å². The molecule has 2 N–H and O–H groups in total. The average molecular weight is 297 g/mol. The molecule has 2 rings (SSSR count). The summed E-state index contributed by atoms with van der Waals surface area (Å²) in [7, 11) is 0. The predicted octanol–water partition coefficient (Wildman–Crippen LogP) is 3.40. The first-order valence-corrected chi connectivity index (χ1v) is 7.92. The number of aryl methyl sites for hydroxylation is 2. The van der Waals surface area contributed by atoms with E-state index in [1.807, 2.05) is 0 Å². The Hall–Kier alpha value is -1.23. The maximum absolute atomic E-state index is 13.0. The molecule has 118 valence electrons. The predicted molar refractivity (Wildman–Crippen MR) is 82.1 cm³/mol. The van der Waals surface area contributed by atoms with Crippen LogP contribution >= 0.6 is 0 Å². The molecule has 1 aromatic rings. The highest BCUT2D eigenvalue weighted by Gasteiger charge is 2.24. The number of pyridine rings is 1. The SMILES string of the molecule is CCC(F)(F)CNCCCCc1ccc2c(n1)NCCC2. The molecule has 2 heterocycles. The Bertz CT molecular complexity index is 449. The summed E-state index contributed by atoms with van der Waals surface area (Å²) >= 11 is 0. The summed E-state index contributed by atoms with van der Waals surface area (Å²) in [6.07, 6.45) is 4.93. The first kappa shape index (κ1) is 16.1. The summed E-state index contributed by atoms with van der Waals surface area (Å²) in [5, 5.41) is 6.16. The maximum atomic E-state index is 13.0. The number of alkyl halides is 2. The number of aromatic nitrogens is 1. The topological polar surface area (TPSA) is 37.0 Å². The first-order valence-electron chi connectivity index (χ1n) is 7.92. The van der Waals surface area contributed by atoms with Crippen molar-refractivity contribution in [3.05, 3.63) is 23.4 Å². The molecular weight excluding hydrogens is 272 g/mol. The molecule has 0 bridgehead atoms. The number of halogens is 2. The van der Waals surface area contributed by atoms with E-state index in [9.17, 15) is 8.78 Å². The number of rotatable bonds is 8. The van der Waals surface area contributed by atoms with Crippen molar-refractivity contribution in [2.24, 2.45) is 0 Å².